The molecule has 1 aromatic heterocycles. The molecule has 128 valence electrons. The lowest BCUT2D eigenvalue weighted by atomic mass is 10.1. The Morgan fingerprint density at radius 3 is 2.50 bits per heavy atom. The Morgan fingerprint density at radius 1 is 0.923 bits per heavy atom. The summed E-state index contributed by atoms with van der Waals surface area (Å²) < 4.78 is 5.85. The standard InChI is InChI=1S/C22H18N2O2/c1-14-11-12-16(13-15(14)2)21(25)23-18-8-4-3-7-17(18)22-24-19-9-5-6-10-20(19)26-22/h3-13H,1-2H3,(H,23,25). The fourth-order valence-corrected chi connectivity index (χ4v) is 2.84. The molecular weight excluding hydrogens is 324 g/mol. The molecule has 3 aromatic carbocycles. The van der Waals surface area contributed by atoms with Crippen LogP contribution in [0.2, 0.25) is 0 Å². The molecule has 0 aliphatic carbocycles. The molecule has 4 heteroatoms. The van der Waals surface area contributed by atoms with E-state index in [4.69, 9.17) is 4.42 Å². The minimum absolute atomic E-state index is 0.156. The van der Waals surface area contributed by atoms with E-state index in [1.165, 1.54) is 0 Å². The topological polar surface area (TPSA) is 55.1 Å². The second-order valence-electron chi connectivity index (χ2n) is 6.29. The molecular formula is C22H18N2O2. The highest BCUT2D eigenvalue weighted by atomic mass is 16.3. The maximum atomic E-state index is 12.7. The summed E-state index contributed by atoms with van der Waals surface area (Å²) in [6, 6.07) is 20.8. The third-order valence-electron chi connectivity index (χ3n) is 4.47. The van der Waals surface area contributed by atoms with Crippen molar-refractivity contribution in [3.63, 3.8) is 0 Å². The number of oxazole rings is 1. The van der Waals surface area contributed by atoms with Crippen LogP contribution in [0.3, 0.4) is 0 Å². The van der Waals surface area contributed by atoms with Crippen LogP contribution in [0, 0.1) is 13.8 Å². The van der Waals surface area contributed by atoms with Gasteiger partial charge in [0.2, 0.25) is 5.89 Å². The van der Waals surface area contributed by atoms with E-state index in [0.29, 0.717) is 17.1 Å². The van der Waals surface area contributed by atoms with Crippen molar-refractivity contribution >= 4 is 22.7 Å². The molecule has 4 rings (SSSR count). The largest absolute Gasteiger partial charge is 0.436 e. The summed E-state index contributed by atoms with van der Waals surface area (Å²) in [5.41, 5.74) is 5.80. The molecule has 1 heterocycles. The van der Waals surface area contributed by atoms with Crippen LogP contribution in [0.25, 0.3) is 22.6 Å². The number of carbonyl (C=O) groups excluding carboxylic acids is 1. The highest BCUT2D eigenvalue weighted by Crippen LogP contribution is 2.30. The predicted molar refractivity (Wildman–Crippen MR) is 103 cm³/mol. The second-order valence-corrected chi connectivity index (χ2v) is 6.29. The Labute approximate surface area is 151 Å². The molecule has 0 unspecified atom stereocenters. The van der Waals surface area contributed by atoms with Gasteiger partial charge in [0.1, 0.15) is 5.52 Å². The molecule has 0 fully saturated rings. The Kier molecular flexibility index (Phi) is 4.01. The van der Waals surface area contributed by atoms with Crippen LogP contribution in [-0.4, -0.2) is 10.9 Å². The van der Waals surface area contributed by atoms with Gasteiger partial charge < -0.3 is 9.73 Å². The minimum atomic E-state index is -0.156. The first-order valence-corrected chi connectivity index (χ1v) is 8.45. The molecule has 26 heavy (non-hydrogen) atoms. The van der Waals surface area contributed by atoms with E-state index >= 15 is 0 Å². The van der Waals surface area contributed by atoms with Crippen LogP contribution in [-0.2, 0) is 0 Å². The lowest BCUT2D eigenvalue weighted by Gasteiger charge is -2.10. The van der Waals surface area contributed by atoms with Crippen LogP contribution >= 0.6 is 0 Å². The Hall–Kier alpha value is -3.40. The third-order valence-corrected chi connectivity index (χ3v) is 4.47. The average molecular weight is 342 g/mol. The molecule has 4 aromatic rings. The normalized spacial score (nSPS) is 10.8. The van der Waals surface area contributed by atoms with Crippen molar-refractivity contribution in [1.29, 1.82) is 0 Å². The predicted octanol–water partition coefficient (Wildman–Crippen LogP) is 5.36. The van der Waals surface area contributed by atoms with E-state index in [9.17, 15) is 4.79 Å². The number of amides is 1. The van der Waals surface area contributed by atoms with Crippen molar-refractivity contribution in [2.45, 2.75) is 13.8 Å². The molecule has 1 amide bonds. The van der Waals surface area contributed by atoms with Gasteiger partial charge in [-0.1, -0.05) is 30.3 Å². The summed E-state index contributed by atoms with van der Waals surface area (Å²) >= 11 is 0. The van der Waals surface area contributed by atoms with Crippen LogP contribution < -0.4 is 5.32 Å². The molecule has 0 aliphatic rings. The zero-order valence-corrected chi connectivity index (χ0v) is 14.6. The summed E-state index contributed by atoms with van der Waals surface area (Å²) in [6.07, 6.45) is 0. The summed E-state index contributed by atoms with van der Waals surface area (Å²) in [5, 5.41) is 2.98. The number of nitrogens with zero attached hydrogens (tertiary/aromatic N) is 1. The van der Waals surface area contributed by atoms with Crippen LogP contribution in [0.1, 0.15) is 21.5 Å². The minimum Gasteiger partial charge on any atom is -0.436 e. The fourth-order valence-electron chi connectivity index (χ4n) is 2.84. The zero-order chi connectivity index (χ0) is 18.1. The van der Waals surface area contributed by atoms with Gasteiger partial charge in [0.05, 0.1) is 11.3 Å². The first-order valence-electron chi connectivity index (χ1n) is 8.45. The van der Waals surface area contributed by atoms with Gasteiger partial charge in [0, 0.05) is 5.56 Å². The van der Waals surface area contributed by atoms with Gasteiger partial charge in [0.25, 0.3) is 5.91 Å². The average Bonchev–Trinajstić information content (AvgIpc) is 3.08. The van der Waals surface area contributed by atoms with E-state index in [2.05, 4.69) is 10.3 Å². The van der Waals surface area contributed by atoms with Gasteiger partial charge in [-0.3, -0.25) is 4.79 Å². The number of benzene rings is 3. The molecule has 1 N–H and O–H groups in total. The quantitative estimate of drug-likeness (QED) is 0.545. The van der Waals surface area contributed by atoms with E-state index in [1.54, 1.807) is 0 Å². The number of para-hydroxylation sites is 3. The molecule has 4 nitrogen and oxygen atoms in total. The van der Waals surface area contributed by atoms with Crippen LogP contribution in [0.5, 0.6) is 0 Å². The second kappa shape index (κ2) is 6.48. The lowest BCUT2D eigenvalue weighted by Crippen LogP contribution is -2.13. The molecule has 0 aliphatic heterocycles. The molecule has 0 saturated carbocycles. The number of nitrogens with one attached hydrogen (secondary N) is 1. The summed E-state index contributed by atoms with van der Waals surface area (Å²) in [5.74, 6) is 0.332. The first-order chi connectivity index (χ1) is 12.6. The number of aromatic nitrogens is 1. The molecule has 0 atom stereocenters. The van der Waals surface area contributed by atoms with E-state index < -0.39 is 0 Å². The smallest absolute Gasteiger partial charge is 0.255 e. The van der Waals surface area contributed by atoms with E-state index in [0.717, 1.165) is 27.8 Å². The number of carbonyl (C=O) groups is 1. The van der Waals surface area contributed by atoms with Crippen molar-refractivity contribution in [2.75, 3.05) is 5.32 Å². The lowest BCUT2D eigenvalue weighted by molar-refractivity contribution is 0.102. The van der Waals surface area contributed by atoms with Crippen LogP contribution in [0.4, 0.5) is 5.69 Å². The van der Waals surface area contributed by atoms with Crippen molar-refractivity contribution in [2.24, 2.45) is 0 Å². The Morgan fingerprint density at radius 2 is 1.69 bits per heavy atom. The number of anilines is 1. The van der Waals surface area contributed by atoms with Gasteiger partial charge >= 0.3 is 0 Å². The molecule has 0 bridgehead atoms. The number of fused-ring (bicyclic) bond motifs is 1. The fraction of sp³-hybridized carbons (Fsp3) is 0.0909. The molecule has 0 saturated heterocycles. The monoisotopic (exact) mass is 342 g/mol. The third kappa shape index (κ3) is 2.97. The van der Waals surface area contributed by atoms with E-state index in [-0.39, 0.29) is 5.91 Å². The van der Waals surface area contributed by atoms with Crippen molar-refractivity contribution < 1.29 is 9.21 Å². The van der Waals surface area contributed by atoms with Crippen molar-refractivity contribution in [1.82, 2.24) is 4.98 Å². The zero-order valence-electron chi connectivity index (χ0n) is 14.6. The van der Waals surface area contributed by atoms with Crippen LogP contribution in [0.15, 0.2) is 71.1 Å². The molecule has 0 radical (unpaired) electrons. The SMILES string of the molecule is Cc1ccc(C(=O)Nc2ccccc2-c2nc3ccccc3o2)cc1C. The Balaban J connectivity index is 1.69. The Bertz CT molecular complexity index is 1080. The highest BCUT2D eigenvalue weighted by molar-refractivity contribution is 6.06. The first kappa shape index (κ1) is 16.1. The maximum absolute atomic E-state index is 12.7. The molecule has 0 spiro atoms. The number of hydrogen-bond acceptors (Lipinski definition) is 3. The van der Waals surface area contributed by atoms with Gasteiger partial charge in [-0.25, -0.2) is 4.98 Å². The van der Waals surface area contributed by atoms with Gasteiger partial charge in [-0.2, -0.15) is 0 Å². The highest BCUT2D eigenvalue weighted by Gasteiger charge is 2.15. The summed E-state index contributed by atoms with van der Waals surface area (Å²) in [6.45, 7) is 4.03. The number of hydrogen-bond donors (Lipinski definition) is 1. The van der Waals surface area contributed by atoms with E-state index in [1.807, 2.05) is 80.6 Å². The van der Waals surface area contributed by atoms with Crippen molar-refractivity contribution in [3.8, 4) is 11.5 Å². The van der Waals surface area contributed by atoms with Gasteiger partial charge in [0.15, 0.2) is 5.58 Å². The summed E-state index contributed by atoms with van der Waals surface area (Å²) in [4.78, 5) is 17.2. The van der Waals surface area contributed by atoms with Crippen molar-refractivity contribution in [3.05, 3.63) is 83.4 Å². The number of aryl methyl sites for hydroxylation is 2. The number of rotatable bonds is 3. The van der Waals surface area contributed by atoms with Gasteiger partial charge in [-0.05, 0) is 61.4 Å². The maximum Gasteiger partial charge on any atom is 0.255 e. The van der Waals surface area contributed by atoms with Gasteiger partial charge in [-0.15, -0.1) is 0 Å². The summed E-state index contributed by atoms with van der Waals surface area (Å²) in [7, 11) is 0.